The van der Waals surface area contributed by atoms with Crippen LogP contribution in [0.2, 0.25) is 0 Å². The highest BCUT2D eigenvalue weighted by atomic mass is 79.9. The minimum Gasteiger partial charge on any atom is -0.344 e. The number of rotatable bonds is 3. The van der Waals surface area contributed by atoms with Crippen molar-refractivity contribution < 1.29 is 4.79 Å². The molecule has 2 aliphatic heterocycles. The summed E-state index contributed by atoms with van der Waals surface area (Å²) in [7, 11) is 0. The van der Waals surface area contributed by atoms with Crippen molar-refractivity contribution in [3.63, 3.8) is 0 Å². The van der Waals surface area contributed by atoms with Crippen LogP contribution in [-0.4, -0.2) is 18.1 Å². The second kappa shape index (κ2) is 6.52. The number of halogens is 1. The molecule has 140 valence electrons. The van der Waals surface area contributed by atoms with Crippen LogP contribution in [0.4, 0.5) is 5.69 Å². The third-order valence-electron chi connectivity index (χ3n) is 6.09. The van der Waals surface area contributed by atoms with E-state index in [0.717, 1.165) is 23.0 Å². The molecule has 2 heterocycles. The van der Waals surface area contributed by atoms with Crippen molar-refractivity contribution in [1.29, 1.82) is 0 Å². The molecule has 2 aromatic rings. The topological polar surface area (TPSA) is 32.3 Å². The number of amides is 1. The van der Waals surface area contributed by atoms with Crippen molar-refractivity contribution in [2.45, 2.75) is 44.7 Å². The van der Waals surface area contributed by atoms with E-state index < -0.39 is 5.66 Å². The molecule has 2 aromatic carbocycles. The predicted molar refractivity (Wildman–Crippen MR) is 115 cm³/mol. The number of nitrogens with zero attached hydrogens (tertiary/aromatic N) is 1. The molecule has 0 spiro atoms. The molecular formula is C23H25BrN2O. The van der Waals surface area contributed by atoms with Crippen LogP contribution in [0.5, 0.6) is 0 Å². The summed E-state index contributed by atoms with van der Waals surface area (Å²) in [6, 6.07) is 15.0. The standard InChI is InChI=1S/C23H25BrN2O/c1-4-16-7-10-20-19(15-16)22(2,3)23(25-21(27)12-14-26(20)23)13-11-17-5-8-18(24)9-6-17/h5-11,13,15H,4,12,14H2,1-3H3,(H,25,27)/b13-11+/t23-/m0/s1. The third-order valence-corrected chi connectivity index (χ3v) is 6.62. The maximum absolute atomic E-state index is 12.5. The molecule has 3 nitrogen and oxygen atoms in total. The Morgan fingerprint density at radius 3 is 2.63 bits per heavy atom. The first-order valence-corrected chi connectivity index (χ1v) is 10.3. The Morgan fingerprint density at radius 2 is 1.93 bits per heavy atom. The summed E-state index contributed by atoms with van der Waals surface area (Å²) in [4.78, 5) is 14.8. The van der Waals surface area contributed by atoms with E-state index in [1.165, 1.54) is 16.8 Å². The molecule has 1 atom stereocenters. The number of hydrogen-bond acceptors (Lipinski definition) is 2. The van der Waals surface area contributed by atoms with E-state index in [1.54, 1.807) is 0 Å². The number of fused-ring (bicyclic) bond motifs is 3. The van der Waals surface area contributed by atoms with E-state index in [-0.39, 0.29) is 11.3 Å². The minimum atomic E-state index is -0.551. The summed E-state index contributed by atoms with van der Waals surface area (Å²) >= 11 is 3.49. The van der Waals surface area contributed by atoms with Crippen molar-refractivity contribution in [3.8, 4) is 0 Å². The van der Waals surface area contributed by atoms with Crippen molar-refractivity contribution in [2.75, 3.05) is 11.4 Å². The third kappa shape index (κ3) is 2.82. The fraction of sp³-hybridized carbons (Fsp3) is 0.348. The molecule has 1 N–H and O–H groups in total. The largest absolute Gasteiger partial charge is 0.344 e. The zero-order valence-electron chi connectivity index (χ0n) is 16.1. The summed E-state index contributed by atoms with van der Waals surface area (Å²) in [5.74, 6) is 0.114. The van der Waals surface area contributed by atoms with Gasteiger partial charge in [-0.3, -0.25) is 4.79 Å². The molecule has 1 saturated heterocycles. The SMILES string of the molecule is CCc1ccc2c(c1)C(C)(C)[C@@]1(/C=C/c3ccc(Br)cc3)NC(=O)CCN21. The van der Waals surface area contributed by atoms with Gasteiger partial charge in [-0.05, 0) is 47.4 Å². The van der Waals surface area contributed by atoms with Gasteiger partial charge in [0.05, 0.1) is 0 Å². The average molecular weight is 425 g/mol. The first kappa shape index (κ1) is 18.3. The first-order valence-electron chi connectivity index (χ1n) is 9.54. The Balaban J connectivity index is 1.84. The average Bonchev–Trinajstić information content (AvgIpc) is 2.85. The highest BCUT2D eigenvalue weighted by Crippen LogP contribution is 2.52. The maximum Gasteiger partial charge on any atom is 0.223 e. The zero-order valence-corrected chi connectivity index (χ0v) is 17.6. The Morgan fingerprint density at radius 1 is 1.19 bits per heavy atom. The van der Waals surface area contributed by atoms with Gasteiger partial charge in [0.2, 0.25) is 5.91 Å². The number of carbonyl (C=O) groups excluding carboxylic acids is 1. The second-order valence-electron chi connectivity index (χ2n) is 7.93. The zero-order chi connectivity index (χ0) is 19.2. The van der Waals surface area contributed by atoms with E-state index >= 15 is 0 Å². The molecule has 27 heavy (non-hydrogen) atoms. The van der Waals surface area contributed by atoms with Gasteiger partial charge in [-0.1, -0.05) is 67.0 Å². The highest BCUT2D eigenvalue weighted by molar-refractivity contribution is 9.10. The number of nitrogens with one attached hydrogen (secondary N) is 1. The van der Waals surface area contributed by atoms with Crippen molar-refractivity contribution in [1.82, 2.24) is 5.32 Å². The van der Waals surface area contributed by atoms with Gasteiger partial charge >= 0.3 is 0 Å². The van der Waals surface area contributed by atoms with E-state index in [1.807, 2.05) is 12.1 Å². The van der Waals surface area contributed by atoms with Gasteiger partial charge < -0.3 is 10.2 Å². The summed E-state index contributed by atoms with van der Waals surface area (Å²) in [5.41, 5.74) is 4.20. The van der Waals surface area contributed by atoms with Crippen LogP contribution in [0.1, 0.15) is 43.9 Å². The Kier molecular flexibility index (Phi) is 4.42. The summed E-state index contributed by atoms with van der Waals surface area (Å²) < 4.78 is 1.06. The first-order chi connectivity index (χ1) is 12.9. The van der Waals surface area contributed by atoms with Crippen LogP contribution in [0.25, 0.3) is 6.08 Å². The number of anilines is 1. The smallest absolute Gasteiger partial charge is 0.223 e. The van der Waals surface area contributed by atoms with Crippen molar-refractivity contribution in [3.05, 3.63) is 69.7 Å². The fourth-order valence-corrected chi connectivity index (χ4v) is 4.68. The van der Waals surface area contributed by atoms with Gasteiger partial charge in [0, 0.05) is 28.5 Å². The molecule has 4 heteroatoms. The number of carbonyl (C=O) groups is 1. The van der Waals surface area contributed by atoms with Crippen LogP contribution in [0.3, 0.4) is 0 Å². The molecule has 2 aliphatic rings. The lowest BCUT2D eigenvalue weighted by atomic mass is 9.74. The van der Waals surface area contributed by atoms with Gasteiger partial charge in [0.25, 0.3) is 0 Å². The van der Waals surface area contributed by atoms with E-state index in [4.69, 9.17) is 0 Å². The highest BCUT2D eigenvalue weighted by Gasteiger charge is 2.57. The summed E-state index contributed by atoms with van der Waals surface area (Å²) in [5, 5.41) is 3.34. The molecule has 4 rings (SSSR count). The Labute approximate surface area is 169 Å². The molecule has 0 aromatic heterocycles. The predicted octanol–water partition coefficient (Wildman–Crippen LogP) is 5.04. The van der Waals surface area contributed by atoms with Gasteiger partial charge in [-0.25, -0.2) is 0 Å². The van der Waals surface area contributed by atoms with E-state index in [2.05, 4.69) is 89.4 Å². The maximum atomic E-state index is 12.5. The van der Waals surface area contributed by atoms with Gasteiger partial charge in [0.1, 0.15) is 5.66 Å². The van der Waals surface area contributed by atoms with Gasteiger partial charge in [-0.2, -0.15) is 0 Å². The van der Waals surface area contributed by atoms with Gasteiger partial charge in [-0.15, -0.1) is 0 Å². The molecule has 0 bridgehead atoms. The molecule has 1 amide bonds. The fourth-order valence-electron chi connectivity index (χ4n) is 4.41. The van der Waals surface area contributed by atoms with E-state index in [9.17, 15) is 4.79 Å². The number of hydrogen-bond donors (Lipinski definition) is 1. The van der Waals surface area contributed by atoms with Crippen LogP contribution in [0, 0.1) is 0 Å². The van der Waals surface area contributed by atoms with Crippen molar-refractivity contribution >= 4 is 33.6 Å². The van der Waals surface area contributed by atoms with Crippen LogP contribution in [0.15, 0.2) is 53.0 Å². The molecule has 0 unspecified atom stereocenters. The quantitative estimate of drug-likeness (QED) is 0.748. The van der Waals surface area contributed by atoms with Crippen LogP contribution >= 0.6 is 15.9 Å². The van der Waals surface area contributed by atoms with E-state index in [0.29, 0.717) is 6.42 Å². The van der Waals surface area contributed by atoms with Crippen LogP contribution < -0.4 is 10.2 Å². The summed E-state index contributed by atoms with van der Waals surface area (Å²) in [6.45, 7) is 7.39. The normalized spacial score (nSPS) is 23.3. The lowest BCUT2D eigenvalue weighted by Crippen LogP contribution is -2.68. The molecule has 0 saturated carbocycles. The Bertz CT molecular complexity index is 916. The lowest BCUT2D eigenvalue weighted by molar-refractivity contribution is -0.124. The molecule has 1 fully saturated rings. The Hall–Kier alpha value is -2.07. The van der Waals surface area contributed by atoms with Crippen molar-refractivity contribution in [2.24, 2.45) is 0 Å². The summed E-state index contributed by atoms with van der Waals surface area (Å²) in [6.07, 6.45) is 5.84. The monoisotopic (exact) mass is 424 g/mol. The lowest BCUT2D eigenvalue weighted by Gasteiger charge is -2.49. The molecule has 0 radical (unpaired) electrons. The molecule has 0 aliphatic carbocycles. The molecular weight excluding hydrogens is 400 g/mol. The van der Waals surface area contributed by atoms with Crippen LogP contribution in [-0.2, 0) is 16.6 Å². The number of benzene rings is 2. The number of aryl methyl sites for hydroxylation is 1. The second-order valence-corrected chi connectivity index (χ2v) is 8.85. The van der Waals surface area contributed by atoms with Gasteiger partial charge in [0.15, 0.2) is 0 Å². The minimum absolute atomic E-state index is 0.114.